The minimum atomic E-state index is 0.0202. The molecule has 0 aliphatic rings. The van der Waals surface area contributed by atoms with Crippen LogP contribution in [-0.4, -0.2) is 25.7 Å². The molecule has 2 aromatic heterocycles. The van der Waals surface area contributed by atoms with Gasteiger partial charge in [0.2, 0.25) is 5.13 Å². The lowest BCUT2D eigenvalue weighted by molar-refractivity contribution is 0.685. The topological polar surface area (TPSA) is 108 Å². The second-order valence-electron chi connectivity index (χ2n) is 3.11. The Balaban J connectivity index is 1.98. The summed E-state index contributed by atoms with van der Waals surface area (Å²) in [5, 5.41) is 7.32. The average Bonchev–Trinajstić information content (AvgIpc) is 2.84. The Kier molecular flexibility index (Phi) is 3.59. The van der Waals surface area contributed by atoms with E-state index >= 15 is 0 Å². The van der Waals surface area contributed by atoms with Crippen molar-refractivity contribution in [2.75, 3.05) is 0 Å². The maximum atomic E-state index is 5.27. The largest absolute Gasteiger partial charge is 0.370 e. The van der Waals surface area contributed by atoms with Crippen molar-refractivity contribution >= 4 is 34.2 Å². The summed E-state index contributed by atoms with van der Waals surface area (Å²) in [6.45, 7) is 0. The molecule has 4 N–H and O–H groups in total. The van der Waals surface area contributed by atoms with E-state index < -0.39 is 0 Å². The SMILES string of the molecule is Cn1ncnc1SCc1csc(N=C(N)N)n1. The van der Waals surface area contributed by atoms with Gasteiger partial charge in [-0.3, -0.25) is 0 Å². The normalized spacial score (nSPS) is 10.4. The standard InChI is InChI=1S/C8H11N7S2/c1-15-8(11-4-12-15)17-3-5-2-16-7(13-5)14-6(9)10/h2,4H,3H2,1H3,(H4,9,10,13,14). The summed E-state index contributed by atoms with van der Waals surface area (Å²) in [4.78, 5) is 12.3. The van der Waals surface area contributed by atoms with E-state index in [1.807, 2.05) is 12.4 Å². The first-order chi connectivity index (χ1) is 8.15. The molecule has 0 bridgehead atoms. The van der Waals surface area contributed by atoms with Gasteiger partial charge in [-0.15, -0.1) is 11.3 Å². The van der Waals surface area contributed by atoms with Crippen LogP contribution in [-0.2, 0) is 12.8 Å². The van der Waals surface area contributed by atoms with E-state index in [0.717, 1.165) is 10.9 Å². The van der Waals surface area contributed by atoms with Gasteiger partial charge in [0.15, 0.2) is 11.1 Å². The lowest BCUT2D eigenvalue weighted by atomic mass is 10.6. The maximum Gasteiger partial charge on any atom is 0.212 e. The number of thioether (sulfide) groups is 1. The Bertz CT molecular complexity index is 525. The molecule has 0 unspecified atom stereocenters. The fraction of sp³-hybridized carbons (Fsp3) is 0.250. The first kappa shape index (κ1) is 11.9. The Hall–Kier alpha value is -1.61. The van der Waals surface area contributed by atoms with Crippen LogP contribution in [0.2, 0.25) is 0 Å². The number of aryl methyl sites for hydroxylation is 1. The zero-order valence-corrected chi connectivity index (χ0v) is 10.7. The van der Waals surface area contributed by atoms with Gasteiger partial charge in [-0.2, -0.15) is 10.1 Å². The third-order valence-electron chi connectivity index (χ3n) is 1.78. The molecule has 0 aromatic carbocycles. The van der Waals surface area contributed by atoms with E-state index in [0.29, 0.717) is 10.9 Å². The van der Waals surface area contributed by atoms with Crippen LogP contribution in [0, 0.1) is 0 Å². The third-order valence-corrected chi connectivity index (χ3v) is 3.63. The zero-order valence-electron chi connectivity index (χ0n) is 9.07. The van der Waals surface area contributed by atoms with Crippen LogP contribution in [0.1, 0.15) is 5.69 Å². The molecule has 17 heavy (non-hydrogen) atoms. The first-order valence-corrected chi connectivity index (χ1v) is 6.52. The highest BCUT2D eigenvalue weighted by atomic mass is 32.2. The van der Waals surface area contributed by atoms with E-state index in [1.54, 1.807) is 16.4 Å². The van der Waals surface area contributed by atoms with Gasteiger partial charge in [-0.25, -0.2) is 14.6 Å². The molecule has 0 saturated carbocycles. The second-order valence-corrected chi connectivity index (χ2v) is 4.89. The van der Waals surface area contributed by atoms with E-state index in [1.165, 1.54) is 17.7 Å². The Morgan fingerprint density at radius 2 is 2.41 bits per heavy atom. The van der Waals surface area contributed by atoms with E-state index in [4.69, 9.17) is 11.5 Å². The number of rotatable bonds is 4. The molecule has 0 aliphatic carbocycles. The first-order valence-electron chi connectivity index (χ1n) is 4.66. The molecule has 2 aromatic rings. The monoisotopic (exact) mass is 269 g/mol. The summed E-state index contributed by atoms with van der Waals surface area (Å²) in [5.41, 5.74) is 11.5. The van der Waals surface area contributed by atoms with E-state index in [9.17, 15) is 0 Å². The van der Waals surface area contributed by atoms with Gasteiger partial charge in [0.25, 0.3) is 0 Å². The Morgan fingerprint density at radius 1 is 1.59 bits per heavy atom. The van der Waals surface area contributed by atoms with Gasteiger partial charge in [-0.1, -0.05) is 11.8 Å². The Morgan fingerprint density at radius 3 is 3.06 bits per heavy atom. The van der Waals surface area contributed by atoms with Crippen molar-refractivity contribution in [3.63, 3.8) is 0 Å². The van der Waals surface area contributed by atoms with Gasteiger partial charge in [-0.05, 0) is 0 Å². The smallest absolute Gasteiger partial charge is 0.212 e. The minimum absolute atomic E-state index is 0.0202. The van der Waals surface area contributed by atoms with Gasteiger partial charge in [0.1, 0.15) is 6.33 Å². The number of guanidine groups is 1. The summed E-state index contributed by atoms with van der Waals surface area (Å²) >= 11 is 2.97. The van der Waals surface area contributed by atoms with E-state index in [2.05, 4.69) is 20.1 Å². The average molecular weight is 269 g/mol. The quantitative estimate of drug-likeness (QED) is 0.474. The van der Waals surface area contributed by atoms with Crippen LogP contribution in [0.25, 0.3) is 0 Å². The molecule has 90 valence electrons. The lowest BCUT2D eigenvalue weighted by Crippen LogP contribution is -2.21. The minimum Gasteiger partial charge on any atom is -0.370 e. The highest BCUT2D eigenvalue weighted by Crippen LogP contribution is 2.24. The van der Waals surface area contributed by atoms with Gasteiger partial charge in [0.05, 0.1) is 5.69 Å². The van der Waals surface area contributed by atoms with Crippen LogP contribution in [0.4, 0.5) is 5.13 Å². The predicted octanol–water partition coefficient (Wildman–Crippen LogP) is 0.469. The molecule has 0 amide bonds. The Labute approximate surface area is 106 Å². The number of aromatic nitrogens is 4. The summed E-state index contributed by atoms with van der Waals surface area (Å²) < 4.78 is 1.72. The second kappa shape index (κ2) is 5.15. The van der Waals surface area contributed by atoms with Crippen molar-refractivity contribution in [3.05, 3.63) is 17.4 Å². The molecule has 0 saturated heterocycles. The highest BCUT2D eigenvalue weighted by molar-refractivity contribution is 7.98. The highest BCUT2D eigenvalue weighted by Gasteiger charge is 2.05. The molecule has 0 fully saturated rings. The number of nitrogens with zero attached hydrogens (tertiary/aromatic N) is 5. The summed E-state index contributed by atoms with van der Waals surface area (Å²) in [7, 11) is 1.85. The summed E-state index contributed by atoms with van der Waals surface area (Å²) in [6.07, 6.45) is 1.52. The van der Waals surface area contributed by atoms with Crippen molar-refractivity contribution in [2.24, 2.45) is 23.5 Å². The van der Waals surface area contributed by atoms with Crippen molar-refractivity contribution in [3.8, 4) is 0 Å². The van der Waals surface area contributed by atoms with Crippen molar-refractivity contribution < 1.29 is 0 Å². The van der Waals surface area contributed by atoms with Gasteiger partial charge in [0, 0.05) is 18.2 Å². The lowest BCUT2D eigenvalue weighted by Gasteiger charge is -1.96. The fourth-order valence-electron chi connectivity index (χ4n) is 1.08. The fourth-order valence-corrected chi connectivity index (χ4v) is 2.67. The molecule has 7 nitrogen and oxygen atoms in total. The number of hydrogen-bond acceptors (Lipinski definition) is 6. The van der Waals surface area contributed by atoms with Crippen LogP contribution in [0.15, 0.2) is 21.9 Å². The van der Waals surface area contributed by atoms with Crippen molar-refractivity contribution in [1.29, 1.82) is 0 Å². The molecule has 0 atom stereocenters. The summed E-state index contributed by atoms with van der Waals surface area (Å²) in [6, 6.07) is 0. The van der Waals surface area contributed by atoms with Crippen molar-refractivity contribution in [2.45, 2.75) is 10.9 Å². The maximum absolute atomic E-state index is 5.27. The molecular weight excluding hydrogens is 258 g/mol. The molecule has 2 rings (SSSR count). The molecule has 9 heteroatoms. The van der Waals surface area contributed by atoms with E-state index in [-0.39, 0.29) is 5.96 Å². The van der Waals surface area contributed by atoms with Crippen molar-refractivity contribution in [1.82, 2.24) is 19.7 Å². The molecule has 0 spiro atoms. The van der Waals surface area contributed by atoms with Crippen LogP contribution in [0.3, 0.4) is 0 Å². The van der Waals surface area contributed by atoms with Crippen LogP contribution < -0.4 is 11.5 Å². The number of hydrogen-bond donors (Lipinski definition) is 2. The number of thiazole rings is 1. The number of nitrogens with two attached hydrogens (primary N) is 2. The molecule has 2 heterocycles. The molecular formula is C8H11N7S2. The number of aliphatic imine (C=N–C) groups is 1. The molecule has 0 aliphatic heterocycles. The van der Waals surface area contributed by atoms with Gasteiger partial charge >= 0.3 is 0 Å². The van der Waals surface area contributed by atoms with Crippen LogP contribution in [0.5, 0.6) is 0 Å². The predicted molar refractivity (Wildman–Crippen MR) is 68.1 cm³/mol. The van der Waals surface area contributed by atoms with Gasteiger partial charge < -0.3 is 11.5 Å². The molecule has 0 radical (unpaired) electrons. The van der Waals surface area contributed by atoms with Crippen LogP contribution >= 0.6 is 23.1 Å². The third kappa shape index (κ3) is 3.17. The zero-order chi connectivity index (χ0) is 12.3. The summed E-state index contributed by atoms with van der Waals surface area (Å²) in [5.74, 6) is 0.732.